The van der Waals surface area contributed by atoms with Crippen LogP contribution in [-0.4, -0.2) is 52.9 Å². The number of piperazine rings is 1. The van der Waals surface area contributed by atoms with Crippen LogP contribution < -0.4 is 16.0 Å². The Balaban J connectivity index is 0.00000109. The van der Waals surface area contributed by atoms with Crippen LogP contribution in [0.1, 0.15) is 13.8 Å². The molecule has 2 aliphatic heterocycles. The summed E-state index contributed by atoms with van der Waals surface area (Å²) in [5, 5.41) is 21.5. The lowest BCUT2D eigenvalue weighted by atomic mass is 10.1. The second-order valence-electron chi connectivity index (χ2n) is 6.36. The third-order valence-corrected chi connectivity index (χ3v) is 4.77. The van der Waals surface area contributed by atoms with Crippen LogP contribution in [0.2, 0.25) is 0 Å². The second kappa shape index (κ2) is 9.12. The van der Waals surface area contributed by atoms with Gasteiger partial charge in [-0.3, -0.25) is 0 Å². The van der Waals surface area contributed by atoms with Crippen LogP contribution in [-0.2, 0) is 0 Å². The Labute approximate surface area is 166 Å². The number of hydrogen-bond donors (Lipinski definition) is 3. The maximum atomic E-state index is 10.1. The molecule has 3 heterocycles. The lowest BCUT2D eigenvalue weighted by Crippen LogP contribution is -2.46. The van der Waals surface area contributed by atoms with Gasteiger partial charge in [0, 0.05) is 44.0 Å². The molecule has 0 atom stereocenters. The average molecular weight is 380 g/mol. The van der Waals surface area contributed by atoms with Gasteiger partial charge in [0.15, 0.2) is 5.82 Å². The molecule has 1 saturated heterocycles. The predicted octanol–water partition coefficient (Wildman–Crippen LogP) is 2.58. The summed E-state index contributed by atoms with van der Waals surface area (Å²) in [6, 6.07) is 9.04. The van der Waals surface area contributed by atoms with Gasteiger partial charge in [0.25, 0.3) is 0 Å². The summed E-state index contributed by atoms with van der Waals surface area (Å²) in [6.45, 7) is 8.42. The first-order chi connectivity index (χ1) is 13.7. The molecule has 0 aliphatic carbocycles. The maximum Gasteiger partial charge on any atom is 0.169 e. The summed E-state index contributed by atoms with van der Waals surface area (Å²) in [5.41, 5.74) is 9.50. The highest BCUT2D eigenvalue weighted by Crippen LogP contribution is 2.31. The van der Waals surface area contributed by atoms with Crippen molar-refractivity contribution in [2.24, 2.45) is 0 Å². The lowest BCUT2D eigenvalue weighted by Gasteiger charge is -2.38. The molecule has 1 fully saturated rings. The van der Waals surface area contributed by atoms with Gasteiger partial charge in [-0.15, -0.1) is 10.2 Å². The predicted molar refractivity (Wildman–Crippen MR) is 114 cm³/mol. The number of phenols is 1. The minimum atomic E-state index is 0.187. The fourth-order valence-corrected chi connectivity index (χ4v) is 3.35. The Bertz CT molecular complexity index is 856. The zero-order valence-corrected chi connectivity index (χ0v) is 16.5. The molecule has 2 aliphatic rings. The number of dihydropyridines is 1. The molecule has 0 saturated carbocycles. The van der Waals surface area contributed by atoms with Gasteiger partial charge in [0.1, 0.15) is 5.75 Å². The zero-order valence-electron chi connectivity index (χ0n) is 16.5. The molecular formula is C21H28N6O. The van der Waals surface area contributed by atoms with Crippen LogP contribution in [0, 0.1) is 0 Å². The first-order valence-electron chi connectivity index (χ1n) is 9.74. The van der Waals surface area contributed by atoms with Gasteiger partial charge < -0.3 is 26.0 Å². The Morgan fingerprint density at radius 3 is 2.43 bits per heavy atom. The van der Waals surface area contributed by atoms with Crippen LogP contribution in [0.5, 0.6) is 5.75 Å². The Morgan fingerprint density at radius 1 is 1.04 bits per heavy atom. The highest BCUT2D eigenvalue weighted by atomic mass is 16.3. The van der Waals surface area contributed by atoms with Crippen molar-refractivity contribution in [3.63, 3.8) is 0 Å². The quantitative estimate of drug-likeness (QED) is 0.754. The molecule has 1 aromatic heterocycles. The van der Waals surface area contributed by atoms with E-state index in [4.69, 9.17) is 5.73 Å². The Kier molecular flexibility index (Phi) is 6.37. The number of para-hydroxylation sites is 1. The van der Waals surface area contributed by atoms with Crippen molar-refractivity contribution < 1.29 is 5.11 Å². The third kappa shape index (κ3) is 4.19. The number of benzene rings is 1. The van der Waals surface area contributed by atoms with Crippen LogP contribution >= 0.6 is 0 Å². The van der Waals surface area contributed by atoms with E-state index in [9.17, 15) is 5.11 Å². The van der Waals surface area contributed by atoms with Crippen LogP contribution in [0.15, 0.2) is 54.4 Å². The van der Waals surface area contributed by atoms with Crippen LogP contribution in [0.4, 0.5) is 11.5 Å². The fourth-order valence-electron chi connectivity index (χ4n) is 3.35. The number of nitrogen functional groups attached to an aromatic ring is 1. The molecule has 0 unspecified atom stereocenters. The average Bonchev–Trinajstić information content (AvgIpc) is 2.77. The smallest absolute Gasteiger partial charge is 0.169 e. The standard InChI is InChI=1S/C19H22N6O.C2H6/c20-19-17(13-16(22-23-19)15-3-1-2-4-18(15)26)25-11-9-24(10-12-25)14-5-7-21-8-6-14;1-2/h1-7,13,21,26H,8-12H2,(H2,20,23);1-2H3. The second-order valence-corrected chi connectivity index (χ2v) is 6.36. The highest BCUT2D eigenvalue weighted by Gasteiger charge is 2.21. The van der Waals surface area contributed by atoms with Gasteiger partial charge >= 0.3 is 0 Å². The molecule has 0 spiro atoms. The number of allylic oxidation sites excluding steroid dienone is 1. The fraction of sp³-hybridized carbons (Fsp3) is 0.333. The van der Waals surface area contributed by atoms with Crippen molar-refractivity contribution in [2.75, 3.05) is 43.4 Å². The number of aromatic hydroxyl groups is 1. The topological polar surface area (TPSA) is 90.5 Å². The van der Waals surface area contributed by atoms with Crippen molar-refractivity contribution in [3.05, 3.63) is 54.4 Å². The van der Waals surface area contributed by atoms with E-state index in [0.29, 0.717) is 17.1 Å². The summed E-state index contributed by atoms with van der Waals surface area (Å²) < 4.78 is 0. The number of nitrogens with two attached hydrogens (primary N) is 1. The number of hydrogen-bond acceptors (Lipinski definition) is 7. The molecule has 7 nitrogen and oxygen atoms in total. The largest absolute Gasteiger partial charge is 0.507 e. The summed E-state index contributed by atoms with van der Waals surface area (Å²) in [4.78, 5) is 4.61. The summed E-state index contributed by atoms with van der Waals surface area (Å²) in [5.74, 6) is 0.602. The first-order valence-corrected chi connectivity index (χ1v) is 9.74. The van der Waals surface area contributed by atoms with Gasteiger partial charge in [0.2, 0.25) is 0 Å². The number of phenolic OH excluding ortho intramolecular Hbond substituents is 1. The summed E-state index contributed by atoms with van der Waals surface area (Å²) >= 11 is 0. The molecule has 4 rings (SSSR count). The van der Waals surface area contributed by atoms with Crippen molar-refractivity contribution in [1.82, 2.24) is 20.4 Å². The van der Waals surface area contributed by atoms with Gasteiger partial charge in [0.05, 0.1) is 11.4 Å². The minimum Gasteiger partial charge on any atom is -0.507 e. The maximum absolute atomic E-state index is 10.1. The SMILES string of the molecule is CC.Nc1nnc(-c2ccccc2O)cc1N1CCN(C2=CCNC=C2)CC1. The minimum absolute atomic E-state index is 0.187. The van der Waals surface area contributed by atoms with E-state index in [0.717, 1.165) is 38.4 Å². The Hall–Kier alpha value is -3.22. The van der Waals surface area contributed by atoms with Crippen LogP contribution in [0.3, 0.4) is 0 Å². The molecule has 0 bridgehead atoms. The lowest BCUT2D eigenvalue weighted by molar-refractivity contribution is 0.328. The molecule has 28 heavy (non-hydrogen) atoms. The number of aromatic nitrogens is 2. The van der Waals surface area contributed by atoms with E-state index in [-0.39, 0.29) is 5.75 Å². The number of nitrogens with one attached hydrogen (secondary N) is 1. The first kappa shape index (κ1) is 19.5. The van der Waals surface area contributed by atoms with E-state index in [1.54, 1.807) is 12.1 Å². The molecule has 0 radical (unpaired) electrons. The molecule has 1 aromatic carbocycles. The van der Waals surface area contributed by atoms with Gasteiger partial charge in [-0.05, 0) is 36.6 Å². The van der Waals surface area contributed by atoms with Crippen molar-refractivity contribution in [3.8, 4) is 17.0 Å². The molecule has 0 amide bonds. The third-order valence-electron chi connectivity index (χ3n) is 4.77. The Morgan fingerprint density at radius 2 is 1.75 bits per heavy atom. The number of rotatable bonds is 3. The van der Waals surface area contributed by atoms with E-state index >= 15 is 0 Å². The van der Waals surface area contributed by atoms with E-state index < -0.39 is 0 Å². The van der Waals surface area contributed by atoms with Crippen molar-refractivity contribution in [2.45, 2.75) is 13.8 Å². The van der Waals surface area contributed by atoms with Crippen molar-refractivity contribution >= 4 is 11.5 Å². The summed E-state index contributed by atoms with van der Waals surface area (Å²) in [6.07, 6.45) is 6.30. The van der Waals surface area contributed by atoms with E-state index in [2.05, 4.69) is 37.5 Å². The number of nitrogens with zero attached hydrogens (tertiary/aromatic N) is 4. The zero-order chi connectivity index (χ0) is 19.9. The van der Waals surface area contributed by atoms with E-state index in [1.807, 2.05) is 38.2 Å². The summed E-state index contributed by atoms with van der Waals surface area (Å²) in [7, 11) is 0. The van der Waals surface area contributed by atoms with Gasteiger partial charge in [-0.2, -0.15) is 0 Å². The van der Waals surface area contributed by atoms with Crippen LogP contribution in [0.25, 0.3) is 11.3 Å². The van der Waals surface area contributed by atoms with Gasteiger partial charge in [-0.1, -0.05) is 26.0 Å². The normalized spacial score (nSPS) is 16.0. The molecule has 4 N–H and O–H groups in total. The molecule has 2 aromatic rings. The molecular weight excluding hydrogens is 352 g/mol. The van der Waals surface area contributed by atoms with Gasteiger partial charge in [-0.25, -0.2) is 0 Å². The monoisotopic (exact) mass is 380 g/mol. The molecule has 148 valence electrons. The van der Waals surface area contributed by atoms with E-state index in [1.165, 1.54) is 5.70 Å². The highest BCUT2D eigenvalue weighted by molar-refractivity contribution is 5.74. The number of anilines is 2. The van der Waals surface area contributed by atoms with Crippen molar-refractivity contribution in [1.29, 1.82) is 0 Å². The molecule has 7 heteroatoms.